The third-order valence-corrected chi connectivity index (χ3v) is 8.59. The molecule has 0 aliphatic carbocycles. The number of fused-ring (bicyclic) bond motifs is 1. The van der Waals surface area contributed by atoms with Gasteiger partial charge >= 0.3 is 6.18 Å². The number of nitrogens with zero attached hydrogens (tertiary/aromatic N) is 2. The molecule has 2 aliphatic heterocycles. The van der Waals surface area contributed by atoms with Gasteiger partial charge < -0.3 is 4.74 Å². The normalized spacial score (nSPS) is 19.3. The maximum Gasteiger partial charge on any atom is 0.416 e. The van der Waals surface area contributed by atoms with E-state index in [0.717, 1.165) is 63.9 Å². The summed E-state index contributed by atoms with van der Waals surface area (Å²) in [7, 11) is 0. The number of piperidine rings is 1. The molecule has 0 aromatic heterocycles. The Morgan fingerprint density at radius 1 is 0.725 bits per heavy atom. The zero-order chi connectivity index (χ0) is 28.0. The van der Waals surface area contributed by atoms with Crippen molar-refractivity contribution in [3.8, 4) is 5.75 Å². The standard InChI is InChI=1S/C33H38F4N2O/c34-30-14-5-2-12-28(30)24-39-21-22-40-31-15-6-3-9-26(31)10-7-8-16-32(25-39)17-19-38(20-18-32)23-27-11-1-4-13-29(27)33(35,36)37/h1-6,9,11-15H,7-8,10,16-25H2. The monoisotopic (exact) mass is 554 g/mol. The van der Waals surface area contributed by atoms with Gasteiger partial charge in [-0.05, 0) is 79.9 Å². The quantitative estimate of drug-likeness (QED) is 0.307. The van der Waals surface area contributed by atoms with E-state index >= 15 is 0 Å². The van der Waals surface area contributed by atoms with Crippen molar-refractivity contribution < 1.29 is 22.3 Å². The lowest BCUT2D eigenvalue weighted by Gasteiger charge is -2.45. The van der Waals surface area contributed by atoms with Crippen molar-refractivity contribution in [1.29, 1.82) is 0 Å². The molecular weight excluding hydrogens is 516 g/mol. The van der Waals surface area contributed by atoms with Gasteiger partial charge in [-0.1, -0.05) is 61.0 Å². The second-order valence-corrected chi connectivity index (χ2v) is 11.4. The van der Waals surface area contributed by atoms with Gasteiger partial charge in [0.2, 0.25) is 0 Å². The third-order valence-electron chi connectivity index (χ3n) is 8.59. The molecule has 3 aromatic carbocycles. The van der Waals surface area contributed by atoms with Gasteiger partial charge in [0.25, 0.3) is 0 Å². The van der Waals surface area contributed by atoms with Crippen molar-refractivity contribution in [3.05, 3.63) is 101 Å². The molecule has 7 heteroatoms. The lowest BCUT2D eigenvalue weighted by molar-refractivity contribution is -0.138. The molecule has 2 aliphatic rings. The molecule has 0 amide bonds. The number of likely N-dealkylation sites (tertiary alicyclic amines) is 1. The largest absolute Gasteiger partial charge is 0.492 e. The number of hydrogen-bond acceptors (Lipinski definition) is 3. The second-order valence-electron chi connectivity index (χ2n) is 11.4. The van der Waals surface area contributed by atoms with E-state index in [1.54, 1.807) is 18.2 Å². The molecule has 214 valence electrons. The minimum absolute atomic E-state index is 0.0318. The molecule has 0 saturated carbocycles. The van der Waals surface area contributed by atoms with Crippen LogP contribution in [0.1, 0.15) is 54.4 Å². The summed E-state index contributed by atoms with van der Waals surface area (Å²) >= 11 is 0. The van der Waals surface area contributed by atoms with Crippen LogP contribution < -0.4 is 4.74 Å². The Kier molecular flexibility index (Phi) is 9.11. The van der Waals surface area contributed by atoms with Crippen LogP contribution in [-0.2, 0) is 25.7 Å². The Morgan fingerprint density at radius 2 is 1.40 bits per heavy atom. The molecule has 0 radical (unpaired) electrons. The fourth-order valence-corrected chi connectivity index (χ4v) is 6.36. The van der Waals surface area contributed by atoms with Crippen LogP contribution in [0.25, 0.3) is 0 Å². The topological polar surface area (TPSA) is 15.7 Å². The summed E-state index contributed by atoms with van der Waals surface area (Å²) in [6.07, 6.45) is 1.60. The minimum atomic E-state index is -4.35. The summed E-state index contributed by atoms with van der Waals surface area (Å²) in [5, 5.41) is 0. The van der Waals surface area contributed by atoms with Gasteiger partial charge in [0, 0.05) is 31.7 Å². The Balaban J connectivity index is 1.32. The van der Waals surface area contributed by atoms with Gasteiger partial charge in [0.15, 0.2) is 0 Å². The summed E-state index contributed by atoms with van der Waals surface area (Å²) in [4.78, 5) is 4.48. The first-order valence-corrected chi connectivity index (χ1v) is 14.4. The van der Waals surface area contributed by atoms with E-state index in [1.165, 1.54) is 23.8 Å². The number of benzene rings is 3. The molecule has 0 N–H and O–H groups in total. The Hall–Kier alpha value is -2.90. The van der Waals surface area contributed by atoms with Crippen molar-refractivity contribution in [2.24, 2.45) is 5.41 Å². The molecule has 3 aromatic rings. The van der Waals surface area contributed by atoms with Crippen molar-refractivity contribution in [2.45, 2.75) is 57.8 Å². The number of rotatable bonds is 4. The first-order chi connectivity index (χ1) is 19.3. The highest BCUT2D eigenvalue weighted by Gasteiger charge is 2.37. The lowest BCUT2D eigenvalue weighted by atomic mass is 9.73. The van der Waals surface area contributed by atoms with Gasteiger partial charge in [-0.15, -0.1) is 0 Å². The maximum absolute atomic E-state index is 14.7. The molecule has 1 saturated heterocycles. The summed E-state index contributed by atoms with van der Waals surface area (Å²) < 4.78 is 61.6. The molecule has 5 rings (SSSR count). The van der Waals surface area contributed by atoms with Gasteiger partial charge in [-0.25, -0.2) is 4.39 Å². The van der Waals surface area contributed by atoms with Crippen LogP contribution in [0.15, 0.2) is 72.8 Å². The zero-order valence-electron chi connectivity index (χ0n) is 22.9. The van der Waals surface area contributed by atoms with Crippen molar-refractivity contribution >= 4 is 0 Å². The first kappa shape index (κ1) is 28.6. The zero-order valence-corrected chi connectivity index (χ0v) is 22.9. The molecule has 1 fully saturated rings. The van der Waals surface area contributed by atoms with Gasteiger partial charge in [-0.2, -0.15) is 13.2 Å². The van der Waals surface area contributed by atoms with Crippen LogP contribution in [0, 0.1) is 11.2 Å². The molecule has 0 bridgehead atoms. The molecule has 40 heavy (non-hydrogen) atoms. The van der Waals surface area contributed by atoms with E-state index in [4.69, 9.17) is 4.74 Å². The van der Waals surface area contributed by atoms with E-state index < -0.39 is 11.7 Å². The highest BCUT2D eigenvalue weighted by atomic mass is 19.4. The molecule has 1 spiro atoms. The fourth-order valence-electron chi connectivity index (χ4n) is 6.36. The van der Waals surface area contributed by atoms with Gasteiger partial charge in [0.1, 0.15) is 18.2 Å². The third kappa shape index (κ3) is 7.24. The second kappa shape index (κ2) is 12.7. The predicted octanol–water partition coefficient (Wildman–Crippen LogP) is 7.73. The average molecular weight is 555 g/mol. The highest BCUT2D eigenvalue weighted by Crippen LogP contribution is 2.40. The number of para-hydroxylation sites is 1. The number of ether oxygens (including phenoxy) is 1. The van der Waals surface area contributed by atoms with Crippen LogP contribution >= 0.6 is 0 Å². The van der Waals surface area contributed by atoms with E-state index in [1.807, 2.05) is 30.3 Å². The molecule has 0 atom stereocenters. The molecular formula is C33H38F4N2O. The number of alkyl halides is 3. The molecule has 3 nitrogen and oxygen atoms in total. The van der Waals surface area contributed by atoms with E-state index in [0.29, 0.717) is 37.4 Å². The average Bonchev–Trinajstić information content (AvgIpc) is 2.93. The predicted molar refractivity (Wildman–Crippen MR) is 150 cm³/mol. The van der Waals surface area contributed by atoms with Crippen LogP contribution in [-0.4, -0.2) is 42.6 Å². The number of halogens is 4. The Labute approximate surface area is 234 Å². The fraction of sp³-hybridized carbons (Fsp3) is 0.455. The summed E-state index contributed by atoms with van der Waals surface area (Å²) in [5.74, 6) is 0.725. The van der Waals surface area contributed by atoms with E-state index in [9.17, 15) is 17.6 Å². The summed E-state index contributed by atoms with van der Waals surface area (Å²) in [6.45, 7) is 4.31. The van der Waals surface area contributed by atoms with Crippen LogP contribution in [0.5, 0.6) is 5.75 Å². The summed E-state index contributed by atoms with van der Waals surface area (Å²) in [6, 6.07) is 21.0. The molecule has 2 heterocycles. The Morgan fingerprint density at radius 3 is 2.17 bits per heavy atom. The summed E-state index contributed by atoms with van der Waals surface area (Å²) in [5.41, 5.74) is 1.71. The number of aryl methyl sites for hydroxylation is 1. The first-order valence-electron chi connectivity index (χ1n) is 14.4. The van der Waals surface area contributed by atoms with Crippen molar-refractivity contribution in [3.63, 3.8) is 0 Å². The van der Waals surface area contributed by atoms with Crippen molar-refractivity contribution in [2.75, 3.05) is 32.8 Å². The lowest BCUT2D eigenvalue weighted by Crippen LogP contribution is -2.47. The number of hydrogen-bond donors (Lipinski definition) is 0. The smallest absolute Gasteiger partial charge is 0.416 e. The van der Waals surface area contributed by atoms with E-state index in [-0.39, 0.29) is 11.2 Å². The molecule has 0 unspecified atom stereocenters. The van der Waals surface area contributed by atoms with Crippen molar-refractivity contribution in [1.82, 2.24) is 9.80 Å². The SMILES string of the molecule is Fc1ccccc1CN1CCOc2ccccc2CCCCC2(CCN(Cc3ccccc3C(F)(F)F)CC2)C1. The highest BCUT2D eigenvalue weighted by molar-refractivity contribution is 5.33. The maximum atomic E-state index is 14.7. The van der Waals surface area contributed by atoms with Crippen LogP contribution in [0.4, 0.5) is 17.6 Å². The van der Waals surface area contributed by atoms with E-state index in [2.05, 4.69) is 15.9 Å². The van der Waals surface area contributed by atoms with Crippen LogP contribution in [0.2, 0.25) is 0 Å². The van der Waals surface area contributed by atoms with Gasteiger partial charge in [-0.3, -0.25) is 9.80 Å². The van der Waals surface area contributed by atoms with Gasteiger partial charge in [0.05, 0.1) is 5.56 Å². The minimum Gasteiger partial charge on any atom is -0.492 e. The van der Waals surface area contributed by atoms with Crippen LogP contribution in [0.3, 0.4) is 0 Å². The Bertz CT molecular complexity index is 1250.